The first-order chi connectivity index (χ1) is 16.0. The Kier molecular flexibility index (Phi) is 3.92. The molecule has 0 aromatic heterocycles. The third-order valence-electron chi connectivity index (χ3n) is 8.54. The highest BCUT2D eigenvalue weighted by atomic mass is 16.5. The average molecular weight is 442 g/mol. The number of nitrogens with zero attached hydrogens (tertiary/aromatic N) is 1. The van der Waals surface area contributed by atoms with Gasteiger partial charge in [0.15, 0.2) is 11.5 Å². The van der Waals surface area contributed by atoms with Crippen molar-refractivity contribution in [3.05, 3.63) is 83.4 Å². The van der Waals surface area contributed by atoms with Crippen LogP contribution in [0.1, 0.15) is 23.1 Å². The van der Waals surface area contributed by atoms with Crippen LogP contribution in [0.4, 0.5) is 0 Å². The molecule has 0 radical (unpaired) electrons. The third-order valence-corrected chi connectivity index (χ3v) is 8.54. The number of rotatable bonds is 3. The largest absolute Gasteiger partial charge is 0.504 e. The molecule has 4 aliphatic rings. The van der Waals surface area contributed by atoms with Crippen molar-refractivity contribution in [2.75, 3.05) is 13.6 Å². The summed E-state index contributed by atoms with van der Waals surface area (Å²) in [5.41, 5.74) is 2.17. The van der Waals surface area contributed by atoms with Gasteiger partial charge in [0.1, 0.15) is 17.8 Å². The Labute approximate surface area is 192 Å². The predicted octanol–water partition coefficient (Wildman–Crippen LogP) is 3.69. The lowest BCUT2D eigenvalue weighted by atomic mass is 9.50. The number of hydrogen-bond donors (Lipinski definition) is 2. The van der Waals surface area contributed by atoms with Crippen LogP contribution in [0, 0.1) is 0 Å². The second-order valence-electron chi connectivity index (χ2n) is 10.0. The Hall–Kier alpha value is -2.86. The molecule has 1 saturated heterocycles. The van der Waals surface area contributed by atoms with Crippen LogP contribution >= 0.6 is 0 Å². The van der Waals surface area contributed by atoms with Gasteiger partial charge in [-0.15, -0.1) is 0 Å². The second kappa shape index (κ2) is 6.60. The van der Waals surface area contributed by atoms with E-state index in [2.05, 4.69) is 60.5 Å². The minimum atomic E-state index is -0.746. The average Bonchev–Trinajstić information content (AvgIpc) is 3.20. The van der Waals surface area contributed by atoms with Crippen molar-refractivity contribution < 1.29 is 19.7 Å². The summed E-state index contributed by atoms with van der Waals surface area (Å²) in [7, 11) is 2.16. The summed E-state index contributed by atoms with van der Waals surface area (Å²) in [6.45, 7) is 1.36. The lowest BCUT2D eigenvalue weighted by molar-refractivity contribution is -0.187. The summed E-state index contributed by atoms with van der Waals surface area (Å²) in [6.07, 6.45) is 4.33. The van der Waals surface area contributed by atoms with E-state index in [1.807, 2.05) is 12.1 Å². The maximum absolute atomic E-state index is 11.0. The molecule has 0 amide bonds. The molecule has 33 heavy (non-hydrogen) atoms. The Balaban J connectivity index is 1.38. The van der Waals surface area contributed by atoms with Crippen molar-refractivity contribution in [3.63, 3.8) is 0 Å². The minimum absolute atomic E-state index is 0.115. The summed E-state index contributed by atoms with van der Waals surface area (Å²) >= 11 is 0. The van der Waals surface area contributed by atoms with Gasteiger partial charge in [0.2, 0.25) is 0 Å². The highest BCUT2D eigenvalue weighted by Crippen LogP contribution is 2.65. The quantitative estimate of drug-likeness (QED) is 0.607. The molecule has 2 heterocycles. The van der Waals surface area contributed by atoms with E-state index in [-0.39, 0.29) is 11.8 Å². The molecule has 1 spiro atoms. The highest BCUT2D eigenvalue weighted by Gasteiger charge is 2.72. The number of benzene rings is 3. The van der Waals surface area contributed by atoms with Crippen molar-refractivity contribution in [1.29, 1.82) is 0 Å². The van der Waals surface area contributed by atoms with Gasteiger partial charge in [-0.2, -0.15) is 0 Å². The molecule has 1 fully saturated rings. The van der Waals surface area contributed by atoms with Crippen LogP contribution in [0.2, 0.25) is 0 Å². The first-order valence-electron chi connectivity index (χ1n) is 11.7. The summed E-state index contributed by atoms with van der Waals surface area (Å²) in [6, 6.07) is 18.7. The van der Waals surface area contributed by atoms with E-state index < -0.39 is 23.2 Å². The van der Waals surface area contributed by atoms with E-state index in [9.17, 15) is 10.2 Å². The topological polar surface area (TPSA) is 62.2 Å². The van der Waals surface area contributed by atoms with Crippen molar-refractivity contribution in [2.45, 2.75) is 48.7 Å². The van der Waals surface area contributed by atoms with Crippen molar-refractivity contribution >= 4 is 10.8 Å². The lowest BCUT2D eigenvalue weighted by Crippen LogP contribution is -2.76. The standard InChI is InChI=1S/C28H27NO4/c1-29-13-12-27-24-20-8-9-21(30)25(24)33-26(27)22(31)10-11-28(27,23(29)15-20)32-16-17-6-7-18-4-2-3-5-19(18)14-17/h2-11,14,22-23,26,30-31H,12-13,15-16H2,1H3/t22-,23+,26-,27-,28+/m0/s1. The number of piperidine rings is 1. The van der Waals surface area contributed by atoms with Crippen molar-refractivity contribution in [1.82, 2.24) is 4.90 Å². The SMILES string of the molecule is CN1CC[C@]23c4c5ccc(O)c4O[C@H]2[C@@H](O)C=C[C@@]3(OCc2ccc3ccccc3c2)[C@H]1C5. The van der Waals surface area contributed by atoms with Gasteiger partial charge in [-0.3, -0.25) is 4.90 Å². The molecule has 2 aliphatic carbocycles. The molecule has 7 rings (SSSR count). The molecule has 2 bridgehead atoms. The monoisotopic (exact) mass is 441 g/mol. The van der Waals surface area contributed by atoms with Gasteiger partial charge >= 0.3 is 0 Å². The summed E-state index contributed by atoms with van der Waals surface area (Å²) in [5, 5.41) is 24.1. The van der Waals surface area contributed by atoms with E-state index in [1.165, 1.54) is 16.3 Å². The Bertz CT molecular complexity index is 1320. The third kappa shape index (κ3) is 2.37. The molecule has 3 aromatic carbocycles. The van der Waals surface area contributed by atoms with E-state index >= 15 is 0 Å². The number of ether oxygens (including phenoxy) is 2. The number of aliphatic hydroxyl groups is 1. The number of likely N-dealkylation sites (N-methyl/N-ethyl adjacent to an activating group) is 1. The number of aromatic hydroxyl groups is 1. The van der Waals surface area contributed by atoms with Crippen LogP contribution in [0.25, 0.3) is 10.8 Å². The molecular weight excluding hydrogens is 414 g/mol. The van der Waals surface area contributed by atoms with E-state index in [4.69, 9.17) is 9.47 Å². The van der Waals surface area contributed by atoms with Gasteiger partial charge in [-0.25, -0.2) is 0 Å². The van der Waals surface area contributed by atoms with Gasteiger partial charge in [0.25, 0.3) is 0 Å². The summed E-state index contributed by atoms with van der Waals surface area (Å²) in [4.78, 5) is 2.39. The summed E-state index contributed by atoms with van der Waals surface area (Å²) < 4.78 is 13.3. The smallest absolute Gasteiger partial charge is 0.165 e. The number of phenols is 1. The zero-order valence-electron chi connectivity index (χ0n) is 18.6. The first kappa shape index (κ1) is 19.6. The molecule has 2 aliphatic heterocycles. The fraction of sp³-hybridized carbons (Fsp3) is 0.357. The Morgan fingerprint density at radius 2 is 1.97 bits per heavy atom. The molecule has 0 saturated carbocycles. The maximum atomic E-state index is 11.0. The van der Waals surface area contributed by atoms with Crippen LogP contribution in [0.15, 0.2) is 66.7 Å². The molecule has 168 valence electrons. The predicted molar refractivity (Wildman–Crippen MR) is 126 cm³/mol. The van der Waals surface area contributed by atoms with E-state index in [1.54, 1.807) is 6.07 Å². The number of fused-ring (bicyclic) bond motifs is 1. The van der Waals surface area contributed by atoms with Crippen LogP contribution in [0.5, 0.6) is 11.5 Å². The Morgan fingerprint density at radius 3 is 2.85 bits per heavy atom. The first-order valence-corrected chi connectivity index (χ1v) is 11.7. The van der Waals surface area contributed by atoms with Gasteiger partial charge < -0.3 is 19.7 Å². The van der Waals surface area contributed by atoms with Crippen LogP contribution in [-0.2, 0) is 23.2 Å². The van der Waals surface area contributed by atoms with Gasteiger partial charge in [0, 0.05) is 11.6 Å². The van der Waals surface area contributed by atoms with Crippen molar-refractivity contribution in [2.24, 2.45) is 0 Å². The molecule has 0 unspecified atom stereocenters. The molecule has 5 nitrogen and oxygen atoms in total. The number of aliphatic hydroxyl groups excluding tert-OH is 1. The fourth-order valence-corrected chi connectivity index (χ4v) is 7.06. The zero-order valence-corrected chi connectivity index (χ0v) is 18.6. The molecule has 2 N–H and O–H groups in total. The number of phenolic OH excluding ortho intramolecular Hbond substituents is 1. The van der Waals surface area contributed by atoms with Gasteiger partial charge in [-0.05, 0) is 60.5 Å². The van der Waals surface area contributed by atoms with Crippen LogP contribution in [-0.4, -0.2) is 52.6 Å². The maximum Gasteiger partial charge on any atom is 0.165 e. The lowest BCUT2D eigenvalue weighted by Gasteiger charge is -2.63. The second-order valence-corrected chi connectivity index (χ2v) is 10.0. The number of likely N-dealkylation sites (tertiary alicyclic amines) is 1. The van der Waals surface area contributed by atoms with Gasteiger partial charge in [0.05, 0.1) is 12.0 Å². The molecular formula is C28H27NO4. The van der Waals surface area contributed by atoms with Crippen LogP contribution in [0.3, 0.4) is 0 Å². The van der Waals surface area contributed by atoms with Crippen molar-refractivity contribution in [3.8, 4) is 11.5 Å². The highest BCUT2D eigenvalue weighted by molar-refractivity contribution is 5.83. The molecule has 3 aromatic rings. The molecule has 5 heteroatoms. The Morgan fingerprint density at radius 1 is 1.12 bits per heavy atom. The zero-order chi connectivity index (χ0) is 22.4. The fourth-order valence-electron chi connectivity index (χ4n) is 7.06. The molecule has 5 atom stereocenters. The van der Waals surface area contributed by atoms with E-state index in [0.29, 0.717) is 12.4 Å². The number of hydrogen-bond acceptors (Lipinski definition) is 5. The summed E-state index contributed by atoms with van der Waals surface area (Å²) in [5.74, 6) is 0.674. The normalized spacial score (nSPS) is 33.7. The van der Waals surface area contributed by atoms with Crippen LogP contribution < -0.4 is 4.74 Å². The van der Waals surface area contributed by atoms with Gasteiger partial charge in [-0.1, -0.05) is 54.6 Å². The minimum Gasteiger partial charge on any atom is -0.504 e. The van der Waals surface area contributed by atoms with E-state index in [0.717, 1.165) is 30.5 Å².